The predicted octanol–water partition coefficient (Wildman–Crippen LogP) is 1.90. The van der Waals surface area contributed by atoms with Crippen molar-refractivity contribution in [3.8, 4) is 0 Å². The van der Waals surface area contributed by atoms with Gasteiger partial charge in [0.25, 0.3) is 0 Å². The molecule has 0 amide bonds. The van der Waals surface area contributed by atoms with Crippen molar-refractivity contribution in [1.29, 1.82) is 0 Å². The maximum atomic E-state index is 10.6. The molecular weight excluding hydrogens is 176 g/mol. The molecule has 0 N–H and O–H groups in total. The van der Waals surface area contributed by atoms with Gasteiger partial charge in [-0.2, -0.15) is 0 Å². The predicted molar refractivity (Wildman–Crippen MR) is 49.7 cm³/mol. The fourth-order valence-corrected chi connectivity index (χ4v) is 0.718. The third-order valence-electron chi connectivity index (χ3n) is 1.11. The summed E-state index contributed by atoms with van der Waals surface area (Å²) in [6.45, 7) is 6.78. The average molecular weight is 190 g/mol. The number of ether oxygens (including phenoxy) is 2. The second-order valence-corrected chi connectivity index (χ2v) is 3.41. The summed E-state index contributed by atoms with van der Waals surface area (Å²) in [4.78, 5) is 10.6. The molecule has 0 fully saturated rings. The Hall–Kier alpha value is -0.640. The molecule has 1 atom stereocenters. The minimum absolute atomic E-state index is 0.104. The first-order valence-corrected chi connectivity index (χ1v) is 4.18. The van der Waals surface area contributed by atoms with Crippen molar-refractivity contribution in [3.05, 3.63) is 0 Å². The third kappa shape index (κ3) is 5.07. The van der Waals surface area contributed by atoms with Gasteiger partial charge in [-0.05, 0) is 12.2 Å². The van der Waals surface area contributed by atoms with Gasteiger partial charge in [0.2, 0.25) is 6.29 Å². The summed E-state index contributed by atoms with van der Waals surface area (Å²) in [5.41, 5.74) is 0. The molecule has 0 heterocycles. The molecular formula is C8H14O3S. The van der Waals surface area contributed by atoms with Gasteiger partial charge in [0.15, 0.2) is 5.05 Å². The van der Waals surface area contributed by atoms with Crippen LogP contribution in [0.2, 0.25) is 0 Å². The molecule has 3 nitrogen and oxygen atoms in total. The first-order valence-electron chi connectivity index (χ1n) is 3.78. The highest BCUT2D eigenvalue weighted by Crippen LogP contribution is 2.09. The second kappa shape index (κ2) is 5.09. The lowest BCUT2D eigenvalue weighted by Crippen LogP contribution is -2.26. The van der Waals surface area contributed by atoms with Gasteiger partial charge in [0, 0.05) is 19.8 Å². The molecule has 0 unspecified atom stereocenters. The number of carbonyl (C=O) groups excluding carboxylic acids is 1. The molecule has 0 aromatic heterocycles. The van der Waals surface area contributed by atoms with Crippen LogP contribution in [0, 0.1) is 5.92 Å². The summed E-state index contributed by atoms with van der Waals surface area (Å²) in [5.74, 6) is -0.253. The van der Waals surface area contributed by atoms with Gasteiger partial charge in [-0.25, -0.2) is 0 Å². The van der Waals surface area contributed by atoms with E-state index in [1.165, 1.54) is 6.92 Å². The average Bonchev–Trinajstić information content (AvgIpc) is 1.83. The van der Waals surface area contributed by atoms with Gasteiger partial charge >= 0.3 is 5.97 Å². The van der Waals surface area contributed by atoms with E-state index in [1.807, 2.05) is 13.8 Å². The summed E-state index contributed by atoms with van der Waals surface area (Å²) in [6, 6.07) is 0. The Morgan fingerprint density at radius 1 is 1.25 bits per heavy atom. The van der Waals surface area contributed by atoms with Crippen LogP contribution < -0.4 is 0 Å². The van der Waals surface area contributed by atoms with Gasteiger partial charge in [0.1, 0.15) is 0 Å². The van der Waals surface area contributed by atoms with Crippen LogP contribution in [0.4, 0.5) is 0 Å². The molecule has 0 aromatic carbocycles. The lowest BCUT2D eigenvalue weighted by atomic mass is 10.2. The number of rotatable bonds is 3. The van der Waals surface area contributed by atoms with E-state index in [-0.39, 0.29) is 11.9 Å². The topological polar surface area (TPSA) is 35.5 Å². The van der Waals surface area contributed by atoms with Gasteiger partial charge in [-0.1, -0.05) is 13.8 Å². The lowest BCUT2D eigenvalue weighted by Gasteiger charge is -2.20. The van der Waals surface area contributed by atoms with Gasteiger partial charge in [0.05, 0.1) is 0 Å². The Morgan fingerprint density at radius 3 is 2.00 bits per heavy atom. The first kappa shape index (κ1) is 11.4. The van der Waals surface area contributed by atoms with Gasteiger partial charge < -0.3 is 9.47 Å². The molecule has 0 bridgehead atoms. The van der Waals surface area contributed by atoms with E-state index >= 15 is 0 Å². The standard InChI is InChI=1S/C8H14O3S/c1-5(2)8(10-6(3)9)11-7(4)12/h5,8H,1-4H3/t8-/m1/s1. The maximum absolute atomic E-state index is 10.6. The van der Waals surface area contributed by atoms with E-state index in [0.29, 0.717) is 5.05 Å². The van der Waals surface area contributed by atoms with Crippen LogP contribution in [0.3, 0.4) is 0 Å². The molecule has 0 radical (unpaired) electrons. The van der Waals surface area contributed by atoms with Gasteiger partial charge in [-0.15, -0.1) is 0 Å². The molecule has 0 aliphatic carbocycles. The zero-order valence-corrected chi connectivity index (χ0v) is 8.60. The zero-order valence-electron chi connectivity index (χ0n) is 7.79. The van der Waals surface area contributed by atoms with Crippen molar-refractivity contribution in [2.75, 3.05) is 0 Å². The van der Waals surface area contributed by atoms with Crippen molar-refractivity contribution in [2.24, 2.45) is 5.92 Å². The van der Waals surface area contributed by atoms with Crippen molar-refractivity contribution in [1.82, 2.24) is 0 Å². The molecule has 0 aliphatic rings. The van der Waals surface area contributed by atoms with E-state index in [2.05, 4.69) is 0 Å². The van der Waals surface area contributed by atoms with Crippen LogP contribution in [-0.4, -0.2) is 17.3 Å². The highest BCUT2D eigenvalue weighted by molar-refractivity contribution is 7.80. The number of hydrogen-bond acceptors (Lipinski definition) is 4. The van der Waals surface area contributed by atoms with Crippen molar-refractivity contribution < 1.29 is 14.3 Å². The molecule has 0 aliphatic heterocycles. The third-order valence-corrected chi connectivity index (χ3v) is 1.20. The zero-order chi connectivity index (χ0) is 9.72. The second-order valence-electron chi connectivity index (χ2n) is 2.83. The molecule has 12 heavy (non-hydrogen) atoms. The van der Waals surface area contributed by atoms with Crippen LogP contribution in [0.25, 0.3) is 0 Å². The van der Waals surface area contributed by atoms with Crippen molar-refractivity contribution >= 4 is 23.2 Å². The number of carbonyl (C=O) groups is 1. The molecule has 0 spiro atoms. The molecule has 0 aromatic rings. The van der Waals surface area contributed by atoms with E-state index in [4.69, 9.17) is 21.7 Å². The highest BCUT2D eigenvalue weighted by Gasteiger charge is 2.17. The Bertz CT molecular complexity index is 161. The van der Waals surface area contributed by atoms with Crippen LogP contribution in [0.5, 0.6) is 0 Å². The first-order chi connectivity index (χ1) is 5.43. The van der Waals surface area contributed by atoms with E-state index in [9.17, 15) is 4.79 Å². The van der Waals surface area contributed by atoms with E-state index in [0.717, 1.165) is 0 Å². The van der Waals surface area contributed by atoms with E-state index in [1.54, 1.807) is 6.92 Å². The Labute approximate surface area is 78.0 Å². The molecule has 70 valence electrons. The van der Waals surface area contributed by atoms with Crippen molar-refractivity contribution in [2.45, 2.75) is 34.0 Å². The normalized spacial score (nSPS) is 12.4. The monoisotopic (exact) mass is 190 g/mol. The highest BCUT2D eigenvalue weighted by atomic mass is 32.1. The SMILES string of the molecule is CC(=O)O[C@H](OC(C)=S)C(C)C. The lowest BCUT2D eigenvalue weighted by molar-refractivity contribution is -0.168. The Balaban J connectivity index is 4.04. The van der Waals surface area contributed by atoms with Crippen LogP contribution in [0.15, 0.2) is 0 Å². The summed E-state index contributed by atoms with van der Waals surface area (Å²) in [7, 11) is 0. The maximum Gasteiger partial charge on any atom is 0.305 e. The Kier molecular flexibility index (Phi) is 4.81. The Morgan fingerprint density at radius 2 is 1.75 bits per heavy atom. The van der Waals surface area contributed by atoms with Crippen LogP contribution in [0.1, 0.15) is 27.7 Å². The van der Waals surface area contributed by atoms with Crippen LogP contribution >= 0.6 is 12.2 Å². The smallest absolute Gasteiger partial charge is 0.305 e. The number of thiocarbonyl (C=S) groups is 1. The minimum atomic E-state index is -0.556. The molecule has 0 saturated heterocycles. The van der Waals surface area contributed by atoms with E-state index < -0.39 is 6.29 Å². The fourth-order valence-electron chi connectivity index (χ4n) is 0.623. The minimum Gasteiger partial charge on any atom is -0.448 e. The molecule has 0 saturated carbocycles. The summed E-state index contributed by atoms with van der Waals surface area (Å²) in [6.07, 6.45) is -0.556. The largest absolute Gasteiger partial charge is 0.448 e. The summed E-state index contributed by atoms with van der Waals surface area (Å²) in [5, 5.41) is 0.384. The number of hydrogen-bond donors (Lipinski definition) is 0. The summed E-state index contributed by atoms with van der Waals surface area (Å²) >= 11 is 4.73. The summed E-state index contributed by atoms with van der Waals surface area (Å²) < 4.78 is 9.98. The molecule has 4 heteroatoms. The quantitative estimate of drug-likeness (QED) is 0.387. The van der Waals surface area contributed by atoms with Crippen LogP contribution in [-0.2, 0) is 14.3 Å². The number of esters is 1. The molecule has 0 rings (SSSR count). The van der Waals surface area contributed by atoms with Crippen molar-refractivity contribution in [3.63, 3.8) is 0 Å². The fraction of sp³-hybridized carbons (Fsp3) is 0.750. The van der Waals surface area contributed by atoms with Gasteiger partial charge in [-0.3, -0.25) is 4.79 Å².